The number of aromatic nitrogens is 4. The predicted octanol–water partition coefficient (Wildman–Crippen LogP) is 3.72. The van der Waals surface area contributed by atoms with Crippen LogP contribution in [0.3, 0.4) is 0 Å². The molecule has 0 radical (unpaired) electrons. The van der Waals surface area contributed by atoms with Crippen molar-refractivity contribution in [1.82, 2.24) is 24.4 Å². The minimum atomic E-state index is -0.289. The summed E-state index contributed by atoms with van der Waals surface area (Å²) in [6, 6.07) is 15.4. The summed E-state index contributed by atoms with van der Waals surface area (Å²) in [4.78, 5) is 28.1. The summed E-state index contributed by atoms with van der Waals surface area (Å²) in [5.74, 6) is 0.368. The number of hydrogen-bond donors (Lipinski definition) is 0. The van der Waals surface area contributed by atoms with Crippen LogP contribution in [0.25, 0.3) is 22.6 Å². The van der Waals surface area contributed by atoms with Gasteiger partial charge in [0.2, 0.25) is 0 Å². The summed E-state index contributed by atoms with van der Waals surface area (Å²) < 4.78 is 15.5. The topological polar surface area (TPSA) is 63.9 Å². The zero-order chi connectivity index (χ0) is 19.8. The summed E-state index contributed by atoms with van der Waals surface area (Å²) in [6.45, 7) is 1.18. The number of fused-ring (bicyclic) bond motifs is 1. The number of pyridine rings is 2. The number of amides is 1. The Morgan fingerprint density at radius 1 is 1.00 bits per heavy atom. The van der Waals surface area contributed by atoms with Crippen LogP contribution in [0.1, 0.15) is 23.0 Å². The molecule has 0 saturated carbocycles. The second-order valence-corrected chi connectivity index (χ2v) is 7.07. The van der Waals surface area contributed by atoms with Gasteiger partial charge in [0.05, 0.1) is 6.04 Å². The average Bonchev–Trinajstić information content (AvgIpc) is 3.39. The number of benzene rings is 1. The van der Waals surface area contributed by atoms with Gasteiger partial charge in [-0.25, -0.2) is 14.4 Å². The number of imidazole rings is 1. The summed E-state index contributed by atoms with van der Waals surface area (Å²) in [7, 11) is 0. The summed E-state index contributed by atoms with van der Waals surface area (Å²) >= 11 is 0. The normalized spacial score (nSPS) is 16.4. The maximum atomic E-state index is 13.4. The fourth-order valence-electron chi connectivity index (χ4n) is 3.87. The zero-order valence-electron chi connectivity index (χ0n) is 15.6. The minimum absolute atomic E-state index is 0.0302. The molecule has 7 heteroatoms. The lowest BCUT2D eigenvalue weighted by molar-refractivity contribution is 0.0782. The SMILES string of the molecule is O=C(c1ccccn1)N1CC[C@H](n2c(-c3ccc(F)cc3)nc3cccnc32)C1. The van der Waals surface area contributed by atoms with Crippen molar-refractivity contribution in [3.8, 4) is 11.4 Å². The van der Waals surface area contributed by atoms with Crippen LogP contribution in [0.5, 0.6) is 0 Å². The Balaban J connectivity index is 1.52. The molecule has 4 aromatic rings. The van der Waals surface area contributed by atoms with Gasteiger partial charge in [0.1, 0.15) is 22.9 Å². The number of carbonyl (C=O) groups excluding carboxylic acids is 1. The molecule has 3 aromatic heterocycles. The molecule has 0 N–H and O–H groups in total. The van der Waals surface area contributed by atoms with Crippen molar-refractivity contribution in [3.05, 3.63) is 78.5 Å². The lowest BCUT2D eigenvalue weighted by Crippen LogP contribution is -2.29. The van der Waals surface area contributed by atoms with Crippen molar-refractivity contribution in [1.29, 1.82) is 0 Å². The van der Waals surface area contributed by atoms with Crippen LogP contribution in [0, 0.1) is 5.82 Å². The molecule has 29 heavy (non-hydrogen) atoms. The van der Waals surface area contributed by atoms with E-state index in [4.69, 9.17) is 4.98 Å². The van der Waals surface area contributed by atoms with Gasteiger partial charge in [-0.3, -0.25) is 9.78 Å². The molecule has 5 rings (SSSR count). The van der Waals surface area contributed by atoms with Gasteiger partial charge in [-0.2, -0.15) is 0 Å². The van der Waals surface area contributed by atoms with E-state index in [2.05, 4.69) is 14.5 Å². The largest absolute Gasteiger partial charge is 0.335 e. The number of nitrogens with zero attached hydrogens (tertiary/aromatic N) is 5. The van der Waals surface area contributed by atoms with E-state index in [-0.39, 0.29) is 17.8 Å². The van der Waals surface area contributed by atoms with E-state index < -0.39 is 0 Å². The summed E-state index contributed by atoms with van der Waals surface area (Å²) in [6.07, 6.45) is 4.15. The average molecular weight is 387 g/mol. The molecule has 4 heterocycles. The Kier molecular flexibility index (Phi) is 4.27. The monoisotopic (exact) mass is 387 g/mol. The Bertz CT molecular complexity index is 1170. The van der Waals surface area contributed by atoms with Gasteiger partial charge in [-0.1, -0.05) is 6.07 Å². The van der Waals surface area contributed by atoms with E-state index in [1.165, 1.54) is 12.1 Å². The number of likely N-dealkylation sites (tertiary alicyclic amines) is 1. The lowest BCUT2D eigenvalue weighted by atomic mass is 10.2. The number of rotatable bonds is 3. The van der Waals surface area contributed by atoms with E-state index in [1.54, 1.807) is 36.7 Å². The quantitative estimate of drug-likeness (QED) is 0.537. The van der Waals surface area contributed by atoms with Crippen LogP contribution in [-0.4, -0.2) is 43.4 Å². The fraction of sp³-hybridized carbons (Fsp3) is 0.182. The highest BCUT2D eigenvalue weighted by atomic mass is 19.1. The molecular formula is C22H18FN5O. The second kappa shape index (κ2) is 7.09. The summed E-state index contributed by atoms with van der Waals surface area (Å²) in [5, 5.41) is 0. The molecule has 6 nitrogen and oxygen atoms in total. The Morgan fingerprint density at radius 2 is 1.83 bits per heavy atom. The number of halogens is 1. The highest BCUT2D eigenvalue weighted by Crippen LogP contribution is 2.32. The molecule has 0 bridgehead atoms. The number of hydrogen-bond acceptors (Lipinski definition) is 4. The van der Waals surface area contributed by atoms with E-state index in [9.17, 15) is 9.18 Å². The maximum Gasteiger partial charge on any atom is 0.272 e. The first-order valence-corrected chi connectivity index (χ1v) is 9.50. The molecule has 0 unspecified atom stereocenters. The van der Waals surface area contributed by atoms with E-state index in [0.717, 1.165) is 29.0 Å². The van der Waals surface area contributed by atoms with Crippen molar-refractivity contribution in [2.75, 3.05) is 13.1 Å². The summed E-state index contributed by atoms with van der Waals surface area (Å²) in [5.41, 5.74) is 2.81. The smallest absolute Gasteiger partial charge is 0.272 e. The Morgan fingerprint density at radius 3 is 2.62 bits per heavy atom. The maximum absolute atomic E-state index is 13.4. The molecule has 1 fully saturated rings. The Labute approximate surface area is 166 Å². The van der Waals surface area contributed by atoms with Crippen molar-refractivity contribution >= 4 is 17.1 Å². The van der Waals surface area contributed by atoms with E-state index in [0.29, 0.717) is 18.8 Å². The van der Waals surface area contributed by atoms with Crippen molar-refractivity contribution in [3.63, 3.8) is 0 Å². The first kappa shape index (κ1) is 17.5. The molecule has 144 valence electrons. The van der Waals surface area contributed by atoms with Gasteiger partial charge in [0.25, 0.3) is 5.91 Å². The van der Waals surface area contributed by atoms with Gasteiger partial charge >= 0.3 is 0 Å². The van der Waals surface area contributed by atoms with Gasteiger partial charge in [0, 0.05) is 31.0 Å². The third-order valence-electron chi connectivity index (χ3n) is 5.25. The zero-order valence-corrected chi connectivity index (χ0v) is 15.6. The van der Waals surface area contributed by atoms with Crippen LogP contribution in [0.4, 0.5) is 4.39 Å². The van der Waals surface area contributed by atoms with E-state index in [1.807, 2.05) is 23.1 Å². The van der Waals surface area contributed by atoms with Crippen molar-refractivity contribution < 1.29 is 9.18 Å². The molecule has 0 spiro atoms. The number of carbonyl (C=O) groups is 1. The van der Waals surface area contributed by atoms with Crippen molar-refractivity contribution in [2.24, 2.45) is 0 Å². The fourth-order valence-corrected chi connectivity index (χ4v) is 3.87. The molecule has 1 saturated heterocycles. The van der Waals surface area contributed by atoms with Crippen LogP contribution < -0.4 is 0 Å². The molecular weight excluding hydrogens is 369 g/mol. The van der Waals surface area contributed by atoms with Gasteiger partial charge < -0.3 is 9.47 Å². The molecule has 1 aromatic carbocycles. The van der Waals surface area contributed by atoms with Gasteiger partial charge in [-0.05, 0) is 55.0 Å². The third kappa shape index (κ3) is 3.14. The van der Waals surface area contributed by atoms with Crippen LogP contribution in [0.2, 0.25) is 0 Å². The highest BCUT2D eigenvalue weighted by molar-refractivity contribution is 5.92. The third-order valence-corrected chi connectivity index (χ3v) is 5.25. The van der Waals surface area contributed by atoms with Crippen molar-refractivity contribution in [2.45, 2.75) is 12.5 Å². The van der Waals surface area contributed by atoms with Crippen LogP contribution in [-0.2, 0) is 0 Å². The van der Waals surface area contributed by atoms with E-state index >= 15 is 0 Å². The highest BCUT2D eigenvalue weighted by Gasteiger charge is 2.31. The predicted molar refractivity (Wildman–Crippen MR) is 107 cm³/mol. The molecule has 1 aliphatic rings. The molecule has 0 aliphatic carbocycles. The van der Waals surface area contributed by atoms with Gasteiger partial charge in [-0.15, -0.1) is 0 Å². The second-order valence-electron chi connectivity index (χ2n) is 7.07. The van der Waals surface area contributed by atoms with Crippen LogP contribution >= 0.6 is 0 Å². The first-order valence-electron chi connectivity index (χ1n) is 9.50. The molecule has 1 aliphatic heterocycles. The minimum Gasteiger partial charge on any atom is -0.335 e. The first-order chi connectivity index (χ1) is 14.2. The molecule has 1 atom stereocenters. The lowest BCUT2D eigenvalue weighted by Gasteiger charge is -2.18. The standard InChI is InChI=1S/C22H18FN5O/c23-16-8-6-15(7-9-16)20-26-18-5-3-12-25-21(18)28(20)17-10-13-27(14-17)22(29)19-4-1-2-11-24-19/h1-9,11-12,17H,10,13-14H2/t17-/m0/s1. The Hall–Kier alpha value is -3.61. The van der Waals surface area contributed by atoms with Gasteiger partial charge in [0.15, 0.2) is 5.65 Å². The van der Waals surface area contributed by atoms with Crippen LogP contribution in [0.15, 0.2) is 67.0 Å². The molecule has 1 amide bonds.